The van der Waals surface area contributed by atoms with E-state index in [-0.39, 0.29) is 11.7 Å². The van der Waals surface area contributed by atoms with Gasteiger partial charge in [0.15, 0.2) is 5.78 Å². The first-order chi connectivity index (χ1) is 10.1. The van der Waals surface area contributed by atoms with E-state index < -0.39 is 0 Å². The SMILES string of the molecule is CC(=O)c1ccccc1NC(=O)CN(C)C1CCCNC1. The maximum absolute atomic E-state index is 12.2. The van der Waals surface area contributed by atoms with E-state index in [9.17, 15) is 9.59 Å². The molecule has 1 fully saturated rings. The van der Waals surface area contributed by atoms with Gasteiger partial charge in [0.05, 0.1) is 12.2 Å². The lowest BCUT2D eigenvalue weighted by molar-refractivity contribution is -0.117. The van der Waals surface area contributed by atoms with Crippen molar-refractivity contribution in [3.05, 3.63) is 29.8 Å². The zero-order chi connectivity index (χ0) is 15.2. The topological polar surface area (TPSA) is 61.4 Å². The molecule has 5 heteroatoms. The standard InChI is InChI=1S/C16H23N3O2/c1-12(20)14-7-3-4-8-15(14)18-16(21)11-19(2)13-6-5-9-17-10-13/h3-4,7-8,13,17H,5-6,9-11H2,1-2H3,(H,18,21). The van der Waals surface area contributed by atoms with Crippen molar-refractivity contribution in [2.24, 2.45) is 0 Å². The fourth-order valence-corrected chi connectivity index (χ4v) is 2.65. The molecule has 1 atom stereocenters. The van der Waals surface area contributed by atoms with Crippen molar-refractivity contribution in [1.29, 1.82) is 0 Å². The molecule has 1 aromatic carbocycles. The Morgan fingerprint density at radius 3 is 2.81 bits per heavy atom. The highest BCUT2D eigenvalue weighted by Crippen LogP contribution is 2.16. The minimum Gasteiger partial charge on any atom is -0.324 e. The van der Waals surface area contributed by atoms with E-state index in [1.54, 1.807) is 18.2 Å². The summed E-state index contributed by atoms with van der Waals surface area (Å²) in [6, 6.07) is 7.50. The molecule has 1 aliphatic rings. The molecule has 0 spiro atoms. The molecule has 1 saturated heterocycles. The molecular weight excluding hydrogens is 266 g/mol. The minimum absolute atomic E-state index is 0.0456. The number of piperidine rings is 1. The van der Waals surface area contributed by atoms with E-state index in [1.165, 1.54) is 6.92 Å². The summed E-state index contributed by atoms with van der Waals surface area (Å²) in [7, 11) is 1.97. The molecule has 21 heavy (non-hydrogen) atoms. The number of carbonyl (C=O) groups excluding carboxylic acids is 2. The van der Waals surface area contributed by atoms with Gasteiger partial charge in [0.25, 0.3) is 0 Å². The number of hydrogen-bond acceptors (Lipinski definition) is 4. The molecule has 0 radical (unpaired) electrons. The predicted octanol–water partition coefficient (Wildman–Crippen LogP) is 1.51. The van der Waals surface area contributed by atoms with Crippen molar-refractivity contribution in [2.45, 2.75) is 25.8 Å². The van der Waals surface area contributed by atoms with Crippen LogP contribution in [0.5, 0.6) is 0 Å². The molecular formula is C16H23N3O2. The van der Waals surface area contributed by atoms with Crippen LogP contribution >= 0.6 is 0 Å². The van der Waals surface area contributed by atoms with Crippen LogP contribution in [0.1, 0.15) is 30.1 Å². The van der Waals surface area contributed by atoms with Crippen LogP contribution in [0.25, 0.3) is 0 Å². The normalized spacial score (nSPS) is 18.5. The summed E-state index contributed by atoms with van der Waals surface area (Å²) in [4.78, 5) is 25.8. The monoisotopic (exact) mass is 289 g/mol. The van der Waals surface area contributed by atoms with Crippen molar-refractivity contribution >= 4 is 17.4 Å². The van der Waals surface area contributed by atoms with Crippen LogP contribution in [0.15, 0.2) is 24.3 Å². The lowest BCUT2D eigenvalue weighted by atomic mass is 10.1. The summed E-state index contributed by atoms with van der Waals surface area (Å²) in [5.41, 5.74) is 1.14. The number of likely N-dealkylation sites (N-methyl/N-ethyl adjacent to an activating group) is 1. The zero-order valence-corrected chi connectivity index (χ0v) is 12.7. The van der Waals surface area contributed by atoms with Crippen LogP contribution in [0.2, 0.25) is 0 Å². The first kappa shape index (κ1) is 15.7. The Bertz CT molecular complexity index is 510. The predicted molar refractivity (Wildman–Crippen MR) is 83.6 cm³/mol. The van der Waals surface area contributed by atoms with Gasteiger partial charge < -0.3 is 10.6 Å². The number of hydrogen-bond donors (Lipinski definition) is 2. The fourth-order valence-electron chi connectivity index (χ4n) is 2.65. The van der Waals surface area contributed by atoms with Gasteiger partial charge in [-0.25, -0.2) is 0 Å². The second-order valence-electron chi connectivity index (χ2n) is 5.57. The first-order valence-corrected chi connectivity index (χ1v) is 7.38. The molecule has 2 rings (SSSR count). The summed E-state index contributed by atoms with van der Waals surface area (Å²) in [6.45, 7) is 3.82. The van der Waals surface area contributed by atoms with E-state index in [0.717, 1.165) is 25.9 Å². The Labute approximate surface area is 125 Å². The van der Waals surface area contributed by atoms with Crippen LogP contribution in [0.4, 0.5) is 5.69 Å². The number of ketones is 1. The smallest absolute Gasteiger partial charge is 0.238 e. The van der Waals surface area contributed by atoms with Crippen molar-refractivity contribution in [3.8, 4) is 0 Å². The van der Waals surface area contributed by atoms with Gasteiger partial charge in [-0.1, -0.05) is 12.1 Å². The number of benzene rings is 1. The molecule has 1 aliphatic heterocycles. The molecule has 1 amide bonds. The summed E-state index contributed by atoms with van der Waals surface area (Å²) in [5, 5.41) is 6.18. The molecule has 0 saturated carbocycles. The molecule has 0 aliphatic carbocycles. The van der Waals surface area contributed by atoms with Crippen molar-refractivity contribution in [3.63, 3.8) is 0 Å². The number of nitrogens with zero attached hydrogens (tertiary/aromatic N) is 1. The number of nitrogens with one attached hydrogen (secondary N) is 2. The van der Waals surface area contributed by atoms with E-state index in [2.05, 4.69) is 15.5 Å². The van der Waals surface area contributed by atoms with Crippen LogP contribution in [-0.2, 0) is 4.79 Å². The number of para-hydroxylation sites is 1. The number of Topliss-reactive ketones (excluding diaryl/α,β-unsaturated/α-hetero) is 1. The number of anilines is 1. The third-order valence-corrected chi connectivity index (χ3v) is 3.87. The van der Waals surface area contributed by atoms with Gasteiger partial charge in [-0.15, -0.1) is 0 Å². The fraction of sp³-hybridized carbons (Fsp3) is 0.500. The Hall–Kier alpha value is -1.72. The van der Waals surface area contributed by atoms with Crippen molar-refractivity contribution < 1.29 is 9.59 Å². The maximum atomic E-state index is 12.2. The third-order valence-electron chi connectivity index (χ3n) is 3.87. The van der Waals surface area contributed by atoms with E-state index in [0.29, 0.717) is 23.8 Å². The van der Waals surface area contributed by atoms with Gasteiger partial charge >= 0.3 is 0 Å². The van der Waals surface area contributed by atoms with Crippen LogP contribution in [-0.4, -0.2) is 49.3 Å². The molecule has 0 aromatic heterocycles. The molecule has 1 unspecified atom stereocenters. The Balaban J connectivity index is 1.94. The van der Waals surface area contributed by atoms with Gasteiger partial charge in [-0.2, -0.15) is 0 Å². The average molecular weight is 289 g/mol. The lowest BCUT2D eigenvalue weighted by Gasteiger charge is -2.31. The quantitative estimate of drug-likeness (QED) is 0.807. The first-order valence-electron chi connectivity index (χ1n) is 7.38. The lowest BCUT2D eigenvalue weighted by Crippen LogP contribution is -2.46. The second kappa shape index (κ2) is 7.33. The largest absolute Gasteiger partial charge is 0.324 e. The van der Waals surface area contributed by atoms with E-state index in [1.807, 2.05) is 13.1 Å². The molecule has 1 heterocycles. The summed E-state index contributed by atoms with van der Waals surface area (Å²) in [5.74, 6) is -0.132. The van der Waals surface area contributed by atoms with Crippen LogP contribution < -0.4 is 10.6 Å². The van der Waals surface area contributed by atoms with Crippen molar-refractivity contribution in [1.82, 2.24) is 10.2 Å². The number of rotatable bonds is 5. The zero-order valence-electron chi connectivity index (χ0n) is 12.7. The average Bonchev–Trinajstić information content (AvgIpc) is 2.48. The Morgan fingerprint density at radius 2 is 2.14 bits per heavy atom. The number of carbonyl (C=O) groups is 2. The maximum Gasteiger partial charge on any atom is 0.238 e. The molecule has 2 N–H and O–H groups in total. The van der Waals surface area contributed by atoms with Gasteiger partial charge in [0.1, 0.15) is 0 Å². The van der Waals surface area contributed by atoms with Gasteiger partial charge in [-0.3, -0.25) is 14.5 Å². The molecule has 1 aromatic rings. The third kappa shape index (κ3) is 4.37. The summed E-state index contributed by atoms with van der Waals surface area (Å²) >= 11 is 0. The summed E-state index contributed by atoms with van der Waals surface area (Å²) in [6.07, 6.45) is 2.25. The minimum atomic E-state index is -0.0863. The molecule has 114 valence electrons. The Morgan fingerprint density at radius 1 is 1.38 bits per heavy atom. The highest BCUT2D eigenvalue weighted by molar-refractivity contribution is 6.04. The Kier molecular flexibility index (Phi) is 5.47. The highest BCUT2D eigenvalue weighted by Gasteiger charge is 2.20. The van der Waals surface area contributed by atoms with E-state index >= 15 is 0 Å². The van der Waals surface area contributed by atoms with Crippen LogP contribution in [0.3, 0.4) is 0 Å². The van der Waals surface area contributed by atoms with Gasteiger partial charge in [0.2, 0.25) is 5.91 Å². The second-order valence-corrected chi connectivity index (χ2v) is 5.57. The van der Waals surface area contributed by atoms with Crippen molar-refractivity contribution in [2.75, 3.05) is 32.0 Å². The summed E-state index contributed by atoms with van der Waals surface area (Å²) < 4.78 is 0. The number of amides is 1. The van der Waals surface area contributed by atoms with E-state index in [4.69, 9.17) is 0 Å². The highest BCUT2D eigenvalue weighted by atomic mass is 16.2. The molecule has 0 bridgehead atoms. The molecule has 5 nitrogen and oxygen atoms in total. The van der Waals surface area contributed by atoms with Gasteiger partial charge in [0, 0.05) is 18.2 Å². The van der Waals surface area contributed by atoms with Crippen LogP contribution in [0, 0.1) is 0 Å². The van der Waals surface area contributed by atoms with Gasteiger partial charge in [-0.05, 0) is 45.5 Å².